The lowest BCUT2D eigenvalue weighted by atomic mass is 9.92. The first-order valence-electron chi connectivity index (χ1n) is 15.7. The smallest absolute Gasteiger partial charge is 0.164 e. The Kier molecular flexibility index (Phi) is 6.43. The Labute approximate surface area is 271 Å². The van der Waals surface area contributed by atoms with Crippen LogP contribution in [0.1, 0.15) is 0 Å². The van der Waals surface area contributed by atoms with Crippen molar-refractivity contribution in [2.45, 2.75) is 0 Å². The van der Waals surface area contributed by atoms with Crippen LogP contribution in [0.15, 0.2) is 168 Å². The van der Waals surface area contributed by atoms with E-state index in [0.29, 0.717) is 17.5 Å². The molecule has 47 heavy (non-hydrogen) atoms. The Hall–Kier alpha value is -6.39. The van der Waals surface area contributed by atoms with Crippen LogP contribution >= 0.6 is 0 Å². The highest BCUT2D eigenvalue weighted by Gasteiger charge is 2.19. The number of aromatic nitrogens is 3. The van der Waals surface area contributed by atoms with Crippen LogP contribution in [0.3, 0.4) is 0 Å². The molecule has 7 aromatic carbocycles. The Balaban J connectivity index is 1.26. The van der Waals surface area contributed by atoms with Crippen molar-refractivity contribution < 1.29 is 4.42 Å². The minimum atomic E-state index is 0.639. The molecular formula is C43H27N3O. The fraction of sp³-hybridized carbons (Fsp3) is 0. The third-order valence-corrected chi connectivity index (χ3v) is 8.76. The maximum absolute atomic E-state index is 6.59. The second-order valence-electron chi connectivity index (χ2n) is 11.6. The second kappa shape index (κ2) is 11.2. The molecule has 2 aromatic heterocycles. The maximum Gasteiger partial charge on any atom is 0.164 e. The van der Waals surface area contributed by atoms with Crippen LogP contribution < -0.4 is 0 Å². The third kappa shape index (κ3) is 4.66. The zero-order valence-electron chi connectivity index (χ0n) is 25.3. The van der Waals surface area contributed by atoms with Crippen LogP contribution in [-0.2, 0) is 0 Å². The molecule has 0 fully saturated rings. The molecule has 0 aliphatic carbocycles. The van der Waals surface area contributed by atoms with Crippen molar-refractivity contribution >= 4 is 32.7 Å². The first-order chi connectivity index (χ1) is 23.3. The zero-order chi connectivity index (χ0) is 31.2. The van der Waals surface area contributed by atoms with Gasteiger partial charge in [-0.2, -0.15) is 0 Å². The lowest BCUT2D eigenvalue weighted by molar-refractivity contribution is 0.670. The van der Waals surface area contributed by atoms with Crippen LogP contribution in [-0.4, -0.2) is 15.0 Å². The molecule has 4 nitrogen and oxygen atoms in total. The van der Waals surface area contributed by atoms with Crippen molar-refractivity contribution in [2.24, 2.45) is 0 Å². The van der Waals surface area contributed by atoms with E-state index in [1.165, 1.54) is 0 Å². The van der Waals surface area contributed by atoms with Crippen molar-refractivity contribution in [2.75, 3.05) is 0 Å². The molecule has 0 saturated heterocycles. The number of benzene rings is 7. The number of rotatable bonds is 5. The van der Waals surface area contributed by atoms with Crippen molar-refractivity contribution in [1.29, 1.82) is 0 Å². The maximum atomic E-state index is 6.59. The van der Waals surface area contributed by atoms with E-state index in [0.717, 1.165) is 71.7 Å². The van der Waals surface area contributed by atoms with Gasteiger partial charge in [0.05, 0.1) is 0 Å². The highest BCUT2D eigenvalue weighted by Crippen LogP contribution is 2.43. The summed E-state index contributed by atoms with van der Waals surface area (Å²) >= 11 is 0. The number of fused-ring (bicyclic) bond motifs is 4. The molecule has 0 aliphatic heterocycles. The minimum absolute atomic E-state index is 0.639. The van der Waals surface area contributed by atoms with Crippen LogP contribution in [0.4, 0.5) is 0 Å². The zero-order valence-corrected chi connectivity index (χ0v) is 25.3. The number of furan rings is 1. The molecule has 0 N–H and O–H groups in total. The standard InChI is InChI=1S/C43H27N3O/c1-4-14-28(15-5-1)31-22-12-24-37-39-35(23-13-25-38(39)47-40(31)37)34-26-27-36(33-21-11-10-20-32(33)34)43-45-41(29-16-6-2-7-17-29)44-42(46-43)30-18-8-3-9-19-30/h1-27H. The van der Waals surface area contributed by atoms with E-state index in [2.05, 4.69) is 97.1 Å². The highest BCUT2D eigenvalue weighted by atomic mass is 16.3. The minimum Gasteiger partial charge on any atom is -0.455 e. The Morgan fingerprint density at radius 1 is 0.319 bits per heavy atom. The van der Waals surface area contributed by atoms with E-state index in [4.69, 9.17) is 19.4 Å². The second-order valence-corrected chi connectivity index (χ2v) is 11.6. The summed E-state index contributed by atoms with van der Waals surface area (Å²) in [5.41, 5.74) is 9.09. The third-order valence-electron chi connectivity index (χ3n) is 8.76. The fourth-order valence-electron chi connectivity index (χ4n) is 6.58. The molecule has 0 aliphatic rings. The molecule has 0 spiro atoms. The molecule has 9 rings (SSSR count). The average molecular weight is 602 g/mol. The number of hydrogen-bond acceptors (Lipinski definition) is 4. The molecule has 0 bridgehead atoms. The summed E-state index contributed by atoms with van der Waals surface area (Å²) in [6.45, 7) is 0. The van der Waals surface area contributed by atoms with Crippen LogP contribution in [0, 0.1) is 0 Å². The summed E-state index contributed by atoms with van der Waals surface area (Å²) in [5.74, 6) is 1.93. The van der Waals surface area contributed by atoms with E-state index < -0.39 is 0 Å². The number of hydrogen-bond donors (Lipinski definition) is 0. The van der Waals surface area contributed by atoms with E-state index >= 15 is 0 Å². The summed E-state index contributed by atoms with van der Waals surface area (Å²) in [7, 11) is 0. The van der Waals surface area contributed by atoms with Gasteiger partial charge < -0.3 is 4.42 Å². The van der Waals surface area contributed by atoms with Gasteiger partial charge in [-0.1, -0.05) is 152 Å². The number of nitrogens with zero attached hydrogens (tertiary/aromatic N) is 3. The predicted molar refractivity (Wildman–Crippen MR) is 192 cm³/mol. The molecule has 0 unspecified atom stereocenters. The molecule has 0 amide bonds. The molecule has 9 aromatic rings. The van der Waals surface area contributed by atoms with Gasteiger partial charge in [0.25, 0.3) is 0 Å². The van der Waals surface area contributed by atoms with Crippen LogP contribution in [0.25, 0.3) is 89.1 Å². The van der Waals surface area contributed by atoms with Crippen LogP contribution in [0.2, 0.25) is 0 Å². The first-order valence-corrected chi connectivity index (χ1v) is 15.7. The molecule has 2 heterocycles. The van der Waals surface area contributed by atoms with Gasteiger partial charge in [0, 0.05) is 33.0 Å². The van der Waals surface area contributed by atoms with E-state index in [1.807, 2.05) is 66.7 Å². The summed E-state index contributed by atoms with van der Waals surface area (Å²) in [5, 5.41) is 4.40. The van der Waals surface area contributed by atoms with Crippen molar-refractivity contribution in [3.8, 4) is 56.4 Å². The number of para-hydroxylation sites is 1. The molecule has 0 saturated carbocycles. The Bertz CT molecular complexity index is 2500. The monoisotopic (exact) mass is 601 g/mol. The average Bonchev–Trinajstić information content (AvgIpc) is 3.55. The summed E-state index contributed by atoms with van der Waals surface area (Å²) in [4.78, 5) is 15.0. The molecule has 4 heteroatoms. The van der Waals surface area contributed by atoms with Gasteiger partial charge in [-0.25, -0.2) is 15.0 Å². The first kappa shape index (κ1) is 27.0. The van der Waals surface area contributed by atoms with Crippen molar-refractivity contribution in [1.82, 2.24) is 15.0 Å². The SMILES string of the molecule is c1ccc(-c2nc(-c3ccccc3)nc(-c3ccc(-c4cccc5oc6c(-c7ccccc7)cccc6c45)c4ccccc34)n2)cc1. The van der Waals surface area contributed by atoms with E-state index in [1.54, 1.807) is 0 Å². The normalized spacial score (nSPS) is 11.4. The van der Waals surface area contributed by atoms with Crippen molar-refractivity contribution in [3.63, 3.8) is 0 Å². The van der Waals surface area contributed by atoms with Gasteiger partial charge in [0.15, 0.2) is 17.5 Å². The fourth-order valence-corrected chi connectivity index (χ4v) is 6.58. The van der Waals surface area contributed by atoms with E-state index in [-0.39, 0.29) is 0 Å². The largest absolute Gasteiger partial charge is 0.455 e. The highest BCUT2D eigenvalue weighted by molar-refractivity contribution is 6.18. The quantitative estimate of drug-likeness (QED) is 0.197. The molecular weight excluding hydrogens is 574 g/mol. The van der Waals surface area contributed by atoms with Crippen molar-refractivity contribution in [3.05, 3.63) is 164 Å². The summed E-state index contributed by atoms with van der Waals surface area (Å²) < 4.78 is 6.59. The molecule has 0 radical (unpaired) electrons. The van der Waals surface area contributed by atoms with Gasteiger partial charge >= 0.3 is 0 Å². The Morgan fingerprint density at radius 3 is 1.47 bits per heavy atom. The predicted octanol–water partition coefficient (Wildman–Crippen LogP) is 11.3. The van der Waals surface area contributed by atoms with Gasteiger partial charge in [0.1, 0.15) is 11.2 Å². The molecule has 0 atom stereocenters. The summed E-state index contributed by atoms with van der Waals surface area (Å²) in [6, 6.07) is 56.2. The van der Waals surface area contributed by atoms with Gasteiger partial charge in [-0.3, -0.25) is 0 Å². The lowest BCUT2D eigenvalue weighted by Gasteiger charge is -2.13. The molecule has 220 valence electrons. The van der Waals surface area contributed by atoms with Gasteiger partial charge in [0.2, 0.25) is 0 Å². The van der Waals surface area contributed by atoms with E-state index in [9.17, 15) is 0 Å². The Morgan fingerprint density at radius 2 is 0.809 bits per heavy atom. The van der Waals surface area contributed by atoms with Crippen LogP contribution in [0.5, 0.6) is 0 Å². The lowest BCUT2D eigenvalue weighted by Crippen LogP contribution is -2.00. The summed E-state index contributed by atoms with van der Waals surface area (Å²) in [6.07, 6.45) is 0. The van der Waals surface area contributed by atoms with Gasteiger partial charge in [-0.15, -0.1) is 0 Å². The van der Waals surface area contributed by atoms with Gasteiger partial charge in [-0.05, 0) is 39.6 Å². The topological polar surface area (TPSA) is 51.8 Å².